The lowest BCUT2D eigenvalue weighted by Crippen LogP contribution is -2.01. The smallest absolute Gasteiger partial charge is 0.156 e. The van der Waals surface area contributed by atoms with Gasteiger partial charge in [0, 0.05) is 24.8 Å². The summed E-state index contributed by atoms with van der Waals surface area (Å²) in [6.07, 6.45) is 4.95. The van der Waals surface area contributed by atoms with Crippen LogP contribution in [0.15, 0.2) is 29.3 Å². The minimum Gasteiger partial charge on any atom is -0.371 e. The van der Waals surface area contributed by atoms with Crippen LogP contribution in [0.2, 0.25) is 5.02 Å². The Morgan fingerprint density at radius 2 is 1.96 bits per heavy atom. The van der Waals surface area contributed by atoms with Crippen LogP contribution in [0.25, 0.3) is 28.2 Å². The summed E-state index contributed by atoms with van der Waals surface area (Å²) in [4.78, 5) is 13.5. The largest absolute Gasteiger partial charge is 0.371 e. The van der Waals surface area contributed by atoms with Gasteiger partial charge in [-0.1, -0.05) is 11.6 Å². The lowest BCUT2D eigenvalue weighted by molar-refractivity contribution is 0.773. The third kappa shape index (κ3) is 2.55. The van der Waals surface area contributed by atoms with E-state index in [0.29, 0.717) is 16.5 Å². The van der Waals surface area contributed by atoms with Crippen LogP contribution in [0, 0.1) is 6.92 Å². The molecule has 4 rings (SSSR count). The van der Waals surface area contributed by atoms with Crippen molar-refractivity contribution < 1.29 is 0 Å². The Morgan fingerprint density at radius 1 is 1.15 bits per heavy atom. The second kappa shape index (κ2) is 6.33. The third-order valence-electron chi connectivity index (χ3n) is 4.06. The van der Waals surface area contributed by atoms with E-state index in [4.69, 9.17) is 16.6 Å². The molecule has 0 aliphatic carbocycles. The highest BCUT2D eigenvalue weighted by Crippen LogP contribution is 2.37. The first-order valence-corrected chi connectivity index (χ1v) is 8.90. The zero-order valence-corrected chi connectivity index (χ0v) is 16.5. The Labute approximate surface area is 162 Å². The van der Waals surface area contributed by atoms with Gasteiger partial charge in [-0.25, -0.2) is 14.5 Å². The number of aromatic nitrogens is 7. The topological polar surface area (TPSA) is 85.8 Å². The minimum absolute atomic E-state index is 0.523. The number of hydrogen-bond acceptors (Lipinski definition) is 6. The van der Waals surface area contributed by atoms with Gasteiger partial charge in [0.25, 0.3) is 0 Å². The first-order chi connectivity index (χ1) is 12.5. The zero-order valence-electron chi connectivity index (χ0n) is 14.2. The van der Waals surface area contributed by atoms with E-state index in [9.17, 15) is 0 Å². The number of anilines is 1. The number of aryl methyl sites for hydroxylation is 2. The van der Waals surface area contributed by atoms with E-state index in [0.717, 1.165) is 32.8 Å². The van der Waals surface area contributed by atoms with E-state index < -0.39 is 0 Å². The van der Waals surface area contributed by atoms with Crippen LogP contribution in [0.3, 0.4) is 0 Å². The van der Waals surface area contributed by atoms with Crippen LogP contribution in [0.4, 0.5) is 5.82 Å². The van der Waals surface area contributed by atoms with E-state index in [-0.39, 0.29) is 0 Å². The average Bonchev–Trinajstić information content (AvgIpc) is 3.15. The summed E-state index contributed by atoms with van der Waals surface area (Å²) in [5.74, 6) is 1.43. The Hall–Kier alpha value is -2.52. The number of rotatable bonds is 3. The number of nitrogens with one attached hydrogen (secondary N) is 1. The monoisotopic (exact) mass is 432 g/mol. The van der Waals surface area contributed by atoms with Crippen molar-refractivity contribution in [1.82, 2.24) is 34.3 Å². The first-order valence-electron chi connectivity index (χ1n) is 7.73. The number of fused-ring (bicyclic) bond motifs is 1. The lowest BCUT2D eigenvalue weighted by Gasteiger charge is -2.08. The molecule has 0 fully saturated rings. The molecule has 0 radical (unpaired) electrons. The minimum atomic E-state index is 0.523. The quantitative estimate of drug-likeness (QED) is 0.533. The molecule has 0 saturated heterocycles. The van der Waals surface area contributed by atoms with Crippen molar-refractivity contribution in [1.29, 1.82) is 0 Å². The summed E-state index contributed by atoms with van der Waals surface area (Å²) in [5, 5.41) is 12.3. The van der Waals surface area contributed by atoms with E-state index in [2.05, 4.69) is 41.4 Å². The molecule has 0 unspecified atom stereocenters. The van der Waals surface area contributed by atoms with Crippen molar-refractivity contribution in [2.75, 3.05) is 12.4 Å². The van der Waals surface area contributed by atoms with Crippen molar-refractivity contribution in [2.24, 2.45) is 7.05 Å². The maximum atomic E-state index is 6.44. The summed E-state index contributed by atoms with van der Waals surface area (Å²) in [6, 6.07) is 1.80. The van der Waals surface area contributed by atoms with Crippen LogP contribution >= 0.6 is 27.5 Å². The molecule has 26 heavy (non-hydrogen) atoms. The van der Waals surface area contributed by atoms with Crippen molar-refractivity contribution >= 4 is 38.9 Å². The van der Waals surface area contributed by atoms with Crippen LogP contribution in [0.1, 0.15) is 5.82 Å². The molecular formula is C16H14BrClN8. The number of pyridine rings is 1. The molecule has 0 bridgehead atoms. The Bertz CT molecular complexity index is 1130. The number of imidazole rings is 1. The SMILES string of the molecule is CNc1ncnn2c(C)nc(-c3cnn(C)c3-c3ncc(Br)cc3Cl)c12. The maximum Gasteiger partial charge on any atom is 0.156 e. The van der Waals surface area contributed by atoms with E-state index in [1.807, 2.05) is 21.0 Å². The summed E-state index contributed by atoms with van der Waals surface area (Å²) >= 11 is 9.82. The van der Waals surface area contributed by atoms with Gasteiger partial charge in [0.1, 0.15) is 29.1 Å². The predicted octanol–water partition coefficient (Wildman–Crippen LogP) is 3.35. The number of halogens is 2. The summed E-state index contributed by atoms with van der Waals surface area (Å²) in [7, 11) is 3.66. The highest BCUT2D eigenvalue weighted by Gasteiger charge is 2.23. The van der Waals surface area contributed by atoms with Gasteiger partial charge in [0.2, 0.25) is 0 Å². The van der Waals surface area contributed by atoms with E-state index in [1.165, 1.54) is 6.33 Å². The molecule has 0 aliphatic rings. The van der Waals surface area contributed by atoms with Crippen molar-refractivity contribution in [3.05, 3.63) is 40.1 Å². The molecule has 4 heterocycles. The van der Waals surface area contributed by atoms with Gasteiger partial charge in [-0.3, -0.25) is 9.67 Å². The van der Waals surface area contributed by atoms with Gasteiger partial charge < -0.3 is 5.32 Å². The molecule has 0 amide bonds. The molecule has 0 aliphatic heterocycles. The van der Waals surface area contributed by atoms with E-state index >= 15 is 0 Å². The van der Waals surface area contributed by atoms with E-state index in [1.54, 1.807) is 27.7 Å². The fourth-order valence-electron chi connectivity index (χ4n) is 2.93. The highest BCUT2D eigenvalue weighted by molar-refractivity contribution is 9.10. The maximum absolute atomic E-state index is 6.44. The molecule has 0 atom stereocenters. The van der Waals surface area contributed by atoms with Gasteiger partial charge in [-0.05, 0) is 28.9 Å². The standard InChI is InChI=1S/C16H14BrClN8/c1-8-24-12(15-16(19-2)21-7-23-26(8)15)10-6-22-25(3)14(10)13-11(18)4-9(17)5-20-13/h4-7H,1-3H3,(H,19,21,23). The van der Waals surface area contributed by atoms with Gasteiger partial charge in [-0.2, -0.15) is 10.2 Å². The van der Waals surface area contributed by atoms with Gasteiger partial charge >= 0.3 is 0 Å². The molecule has 0 spiro atoms. The van der Waals surface area contributed by atoms with Crippen LogP contribution in [0.5, 0.6) is 0 Å². The van der Waals surface area contributed by atoms with Gasteiger partial charge in [0.05, 0.1) is 22.5 Å². The van der Waals surface area contributed by atoms with Crippen LogP contribution in [-0.2, 0) is 7.05 Å². The summed E-state index contributed by atoms with van der Waals surface area (Å²) < 4.78 is 4.30. The van der Waals surface area contributed by atoms with Crippen LogP contribution < -0.4 is 5.32 Å². The van der Waals surface area contributed by atoms with Crippen molar-refractivity contribution in [2.45, 2.75) is 6.92 Å². The zero-order chi connectivity index (χ0) is 18.4. The second-order valence-electron chi connectivity index (χ2n) is 5.64. The fourth-order valence-corrected chi connectivity index (χ4v) is 3.64. The molecule has 4 aromatic heterocycles. The molecular weight excluding hydrogens is 420 g/mol. The third-order valence-corrected chi connectivity index (χ3v) is 4.78. The van der Waals surface area contributed by atoms with Gasteiger partial charge in [-0.15, -0.1) is 0 Å². The molecule has 1 N–H and O–H groups in total. The Kier molecular flexibility index (Phi) is 4.12. The number of nitrogens with zero attached hydrogens (tertiary/aromatic N) is 7. The van der Waals surface area contributed by atoms with Crippen molar-refractivity contribution in [3.63, 3.8) is 0 Å². The average molecular weight is 434 g/mol. The summed E-state index contributed by atoms with van der Waals surface area (Å²) in [5.41, 5.74) is 3.70. The first kappa shape index (κ1) is 16.9. The molecule has 10 heteroatoms. The summed E-state index contributed by atoms with van der Waals surface area (Å²) in [6.45, 7) is 1.89. The van der Waals surface area contributed by atoms with Crippen molar-refractivity contribution in [3.8, 4) is 22.6 Å². The fraction of sp³-hybridized carbons (Fsp3) is 0.188. The molecule has 0 saturated carbocycles. The Balaban J connectivity index is 2.04. The Morgan fingerprint density at radius 3 is 2.69 bits per heavy atom. The number of hydrogen-bond donors (Lipinski definition) is 1. The molecule has 0 aromatic carbocycles. The molecule has 4 aromatic rings. The van der Waals surface area contributed by atoms with Crippen LogP contribution in [-0.4, -0.2) is 41.4 Å². The molecule has 132 valence electrons. The predicted molar refractivity (Wildman–Crippen MR) is 103 cm³/mol. The molecule has 8 nitrogen and oxygen atoms in total. The lowest BCUT2D eigenvalue weighted by atomic mass is 10.1. The normalized spacial score (nSPS) is 11.3. The second-order valence-corrected chi connectivity index (χ2v) is 6.96. The van der Waals surface area contributed by atoms with Gasteiger partial charge in [0.15, 0.2) is 5.82 Å². The highest BCUT2D eigenvalue weighted by atomic mass is 79.9.